The molecule has 6 heteroatoms. The molecule has 0 amide bonds. The van der Waals surface area contributed by atoms with Gasteiger partial charge in [-0.2, -0.15) is 0 Å². The predicted molar refractivity (Wildman–Crippen MR) is 57.0 cm³/mol. The van der Waals surface area contributed by atoms with Crippen molar-refractivity contribution in [3.05, 3.63) is 18.2 Å². The highest BCUT2D eigenvalue weighted by atomic mass is 32.2. The number of hydrogen-bond donors (Lipinski definition) is 2. The standard InChI is InChI=1S/C8H10N2O2S2/c9-14(11,12)7-3-1-2-6-8(7)13-5-4-10-6/h1-3,10H,4-5H2,(H2,9,11,12). The summed E-state index contributed by atoms with van der Waals surface area (Å²) in [6.45, 7) is 0.853. The Morgan fingerprint density at radius 2 is 2.21 bits per heavy atom. The third-order valence-electron chi connectivity index (χ3n) is 1.95. The summed E-state index contributed by atoms with van der Waals surface area (Å²) in [5.74, 6) is 0.861. The summed E-state index contributed by atoms with van der Waals surface area (Å²) in [5.41, 5.74) is 0.854. The van der Waals surface area contributed by atoms with Crippen LogP contribution in [-0.4, -0.2) is 20.7 Å². The Morgan fingerprint density at radius 3 is 2.93 bits per heavy atom. The van der Waals surface area contributed by atoms with Crippen LogP contribution in [0.4, 0.5) is 5.69 Å². The molecule has 0 radical (unpaired) electrons. The van der Waals surface area contributed by atoms with E-state index in [4.69, 9.17) is 5.14 Å². The van der Waals surface area contributed by atoms with Crippen molar-refractivity contribution < 1.29 is 8.42 Å². The summed E-state index contributed by atoms with van der Waals surface area (Å²) >= 11 is 1.52. The van der Waals surface area contributed by atoms with E-state index in [-0.39, 0.29) is 4.90 Å². The first-order valence-electron chi connectivity index (χ1n) is 4.11. The quantitative estimate of drug-likeness (QED) is 0.750. The average Bonchev–Trinajstić information content (AvgIpc) is 2.15. The molecule has 1 aromatic rings. The number of thioether (sulfide) groups is 1. The zero-order chi connectivity index (χ0) is 10.2. The summed E-state index contributed by atoms with van der Waals surface area (Å²) in [7, 11) is -3.61. The van der Waals surface area contributed by atoms with Gasteiger partial charge in [-0.25, -0.2) is 13.6 Å². The molecule has 1 aliphatic rings. The lowest BCUT2D eigenvalue weighted by Crippen LogP contribution is -2.17. The molecule has 14 heavy (non-hydrogen) atoms. The molecule has 0 unspecified atom stereocenters. The van der Waals surface area contributed by atoms with Crippen LogP contribution in [0, 0.1) is 0 Å². The smallest absolute Gasteiger partial charge is 0.239 e. The summed E-state index contributed by atoms with van der Waals surface area (Å²) in [4.78, 5) is 0.952. The molecule has 0 saturated carbocycles. The maximum absolute atomic E-state index is 11.2. The third-order valence-corrected chi connectivity index (χ3v) is 4.17. The van der Waals surface area contributed by atoms with Crippen molar-refractivity contribution in [3.63, 3.8) is 0 Å². The molecule has 76 valence electrons. The van der Waals surface area contributed by atoms with Crippen molar-refractivity contribution >= 4 is 27.5 Å². The first kappa shape index (κ1) is 9.82. The topological polar surface area (TPSA) is 72.2 Å². The minimum Gasteiger partial charge on any atom is -0.383 e. The van der Waals surface area contributed by atoms with E-state index in [0.29, 0.717) is 0 Å². The number of sulfonamides is 1. The van der Waals surface area contributed by atoms with Crippen LogP contribution in [0.3, 0.4) is 0 Å². The fourth-order valence-corrected chi connectivity index (χ4v) is 3.44. The highest BCUT2D eigenvalue weighted by Gasteiger charge is 2.19. The number of nitrogens with one attached hydrogen (secondary N) is 1. The number of fused-ring (bicyclic) bond motifs is 1. The van der Waals surface area contributed by atoms with E-state index in [1.807, 2.05) is 6.07 Å². The van der Waals surface area contributed by atoms with Gasteiger partial charge in [0.25, 0.3) is 0 Å². The zero-order valence-corrected chi connectivity index (χ0v) is 8.99. The molecule has 1 heterocycles. The maximum Gasteiger partial charge on any atom is 0.239 e. The van der Waals surface area contributed by atoms with E-state index in [2.05, 4.69) is 5.32 Å². The summed E-state index contributed by atoms with van der Waals surface area (Å²) in [5, 5.41) is 8.25. The van der Waals surface area contributed by atoms with Crippen LogP contribution in [0.25, 0.3) is 0 Å². The molecule has 0 aliphatic carbocycles. The van der Waals surface area contributed by atoms with E-state index >= 15 is 0 Å². The second-order valence-corrected chi connectivity index (χ2v) is 5.59. The summed E-state index contributed by atoms with van der Waals surface area (Å²) < 4.78 is 22.5. The molecule has 1 aliphatic heterocycles. The number of anilines is 1. The lowest BCUT2D eigenvalue weighted by Gasteiger charge is -2.19. The maximum atomic E-state index is 11.2. The van der Waals surface area contributed by atoms with Gasteiger partial charge in [0.1, 0.15) is 0 Å². The summed E-state index contributed by atoms with van der Waals surface area (Å²) in [6.07, 6.45) is 0. The van der Waals surface area contributed by atoms with Crippen molar-refractivity contribution in [2.75, 3.05) is 17.6 Å². The van der Waals surface area contributed by atoms with E-state index in [9.17, 15) is 8.42 Å². The minimum atomic E-state index is -3.61. The first-order chi connectivity index (χ1) is 6.59. The highest BCUT2D eigenvalue weighted by Crippen LogP contribution is 2.35. The van der Waals surface area contributed by atoms with Crippen molar-refractivity contribution in [3.8, 4) is 0 Å². The molecule has 3 N–H and O–H groups in total. The lowest BCUT2D eigenvalue weighted by atomic mass is 10.3. The summed E-state index contributed by atoms with van der Waals surface area (Å²) in [6, 6.07) is 5.09. The second kappa shape index (κ2) is 3.45. The monoisotopic (exact) mass is 230 g/mol. The number of rotatable bonds is 1. The van der Waals surface area contributed by atoms with Crippen LogP contribution in [0.5, 0.6) is 0 Å². The minimum absolute atomic E-state index is 0.215. The molecule has 0 fully saturated rings. The van der Waals surface area contributed by atoms with Gasteiger partial charge in [0, 0.05) is 18.0 Å². The van der Waals surface area contributed by atoms with Crippen molar-refractivity contribution in [2.24, 2.45) is 5.14 Å². The van der Waals surface area contributed by atoms with Gasteiger partial charge >= 0.3 is 0 Å². The van der Waals surface area contributed by atoms with Gasteiger partial charge in [-0.1, -0.05) is 6.07 Å². The third kappa shape index (κ3) is 1.73. The van der Waals surface area contributed by atoms with Crippen LogP contribution in [0.15, 0.2) is 28.0 Å². The van der Waals surface area contributed by atoms with Gasteiger partial charge < -0.3 is 5.32 Å². The van der Waals surface area contributed by atoms with Crippen LogP contribution < -0.4 is 10.5 Å². The Morgan fingerprint density at radius 1 is 1.43 bits per heavy atom. The molecule has 0 atom stereocenters. The van der Waals surface area contributed by atoms with Gasteiger partial charge in [0.05, 0.1) is 9.79 Å². The van der Waals surface area contributed by atoms with Crippen LogP contribution in [0.1, 0.15) is 0 Å². The predicted octanol–water partition coefficient (Wildman–Crippen LogP) is 0.852. The molecular formula is C8H10N2O2S2. The fraction of sp³-hybridized carbons (Fsp3) is 0.250. The molecule has 1 aromatic carbocycles. The molecule has 0 bridgehead atoms. The van der Waals surface area contributed by atoms with Crippen LogP contribution >= 0.6 is 11.8 Å². The normalized spacial score (nSPS) is 15.8. The first-order valence-corrected chi connectivity index (χ1v) is 6.65. The Bertz CT molecular complexity index is 456. The largest absolute Gasteiger partial charge is 0.383 e. The zero-order valence-electron chi connectivity index (χ0n) is 7.36. The van der Waals surface area contributed by atoms with Gasteiger partial charge in [-0.3, -0.25) is 0 Å². The van der Waals surface area contributed by atoms with Gasteiger partial charge in [0.15, 0.2) is 0 Å². The molecule has 4 nitrogen and oxygen atoms in total. The molecule has 0 saturated heterocycles. The Labute approximate surface area is 86.9 Å². The van der Waals surface area contributed by atoms with Crippen molar-refractivity contribution in [2.45, 2.75) is 9.79 Å². The molecule has 0 aromatic heterocycles. The molecule has 2 rings (SSSR count). The molecular weight excluding hydrogens is 220 g/mol. The fourth-order valence-electron chi connectivity index (χ4n) is 1.37. The number of benzene rings is 1. The van der Waals surface area contributed by atoms with Crippen molar-refractivity contribution in [1.82, 2.24) is 0 Å². The highest BCUT2D eigenvalue weighted by molar-refractivity contribution is 8.00. The van der Waals surface area contributed by atoms with Gasteiger partial charge in [-0.15, -0.1) is 11.8 Å². The lowest BCUT2D eigenvalue weighted by molar-refractivity contribution is 0.596. The second-order valence-electron chi connectivity index (χ2n) is 2.95. The Kier molecular flexibility index (Phi) is 2.42. The van der Waals surface area contributed by atoms with E-state index in [1.165, 1.54) is 17.8 Å². The van der Waals surface area contributed by atoms with Crippen LogP contribution in [-0.2, 0) is 10.0 Å². The van der Waals surface area contributed by atoms with Gasteiger partial charge in [0.2, 0.25) is 10.0 Å². The van der Waals surface area contributed by atoms with E-state index < -0.39 is 10.0 Å². The van der Waals surface area contributed by atoms with Crippen molar-refractivity contribution in [1.29, 1.82) is 0 Å². The average molecular weight is 230 g/mol. The number of nitrogens with two attached hydrogens (primary N) is 1. The number of primary sulfonamides is 1. The molecule has 0 spiro atoms. The van der Waals surface area contributed by atoms with E-state index in [1.54, 1.807) is 6.07 Å². The van der Waals surface area contributed by atoms with Gasteiger partial charge in [-0.05, 0) is 12.1 Å². The SMILES string of the molecule is NS(=O)(=O)c1cccc2c1SCCN2. The Hall–Kier alpha value is -0.720. The van der Waals surface area contributed by atoms with E-state index in [0.717, 1.165) is 22.9 Å². The number of hydrogen-bond acceptors (Lipinski definition) is 4. The Balaban J connectivity index is 2.62. The van der Waals surface area contributed by atoms with Crippen LogP contribution in [0.2, 0.25) is 0 Å².